The number of benzene rings is 1. The van der Waals surface area contributed by atoms with E-state index in [1.165, 1.54) is 18.2 Å². The van der Waals surface area contributed by atoms with Crippen molar-refractivity contribution in [2.24, 2.45) is 0 Å². The maximum absolute atomic E-state index is 13.1. The molecule has 0 aliphatic rings. The Morgan fingerprint density at radius 1 is 1.38 bits per heavy atom. The van der Waals surface area contributed by atoms with Gasteiger partial charge in [-0.15, -0.1) is 0 Å². The molecule has 106 valence electrons. The van der Waals surface area contributed by atoms with Crippen LogP contribution < -0.4 is 11.1 Å². The Morgan fingerprint density at radius 2 is 2.19 bits per heavy atom. The normalized spacial score (nSPS) is 10.7. The SMILES string of the molecule is Nc1ncnc(Nc2nc3ccc(F)cc3s2)c1[N+](=O)[O-]. The van der Waals surface area contributed by atoms with E-state index in [1.54, 1.807) is 0 Å². The molecule has 2 aromatic heterocycles. The van der Waals surface area contributed by atoms with Crippen molar-refractivity contribution in [3.8, 4) is 0 Å². The predicted molar refractivity (Wildman–Crippen MR) is 76.0 cm³/mol. The van der Waals surface area contributed by atoms with E-state index in [1.807, 2.05) is 0 Å². The van der Waals surface area contributed by atoms with Crippen LogP contribution in [-0.4, -0.2) is 19.9 Å². The number of aromatic nitrogens is 3. The summed E-state index contributed by atoms with van der Waals surface area (Å²) < 4.78 is 13.7. The van der Waals surface area contributed by atoms with Crippen molar-refractivity contribution in [1.29, 1.82) is 0 Å². The lowest BCUT2D eigenvalue weighted by atomic mass is 10.3. The average Bonchev–Trinajstić information content (AvgIpc) is 2.79. The molecule has 3 aromatic rings. The van der Waals surface area contributed by atoms with E-state index in [2.05, 4.69) is 20.3 Å². The summed E-state index contributed by atoms with van der Waals surface area (Å²) in [4.78, 5) is 21.9. The van der Waals surface area contributed by atoms with Crippen molar-refractivity contribution in [2.45, 2.75) is 0 Å². The van der Waals surface area contributed by atoms with Crippen molar-refractivity contribution >= 4 is 44.0 Å². The van der Waals surface area contributed by atoms with E-state index in [4.69, 9.17) is 5.73 Å². The number of nitrogen functional groups attached to an aromatic ring is 1. The second-order valence-corrected chi connectivity index (χ2v) is 5.00. The molecule has 8 nitrogen and oxygen atoms in total. The Kier molecular flexibility index (Phi) is 3.06. The minimum Gasteiger partial charge on any atom is -0.378 e. The van der Waals surface area contributed by atoms with Crippen LogP contribution in [0.15, 0.2) is 24.5 Å². The van der Waals surface area contributed by atoms with Crippen molar-refractivity contribution in [3.63, 3.8) is 0 Å². The fourth-order valence-electron chi connectivity index (χ4n) is 1.72. The summed E-state index contributed by atoms with van der Waals surface area (Å²) in [7, 11) is 0. The van der Waals surface area contributed by atoms with Gasteiger partial charge in [-0.25, -0.2) is 19.3 Å². The zero-order chi connectivity index (χ0) is 15.0. The highest BCUT2D eigenvalue weighted by Crippen LogP contribution is 2.32. The molecular formula is C11H7FN6O2S. The maximum Gasteiger partial charge on any atom is 0.353 e. The van der Waals surface area contributed by atoms with Crippen molar-refractivity contribution < 1.29 is 9.31 Å². The summed E-state index contributed by atoms with van der Waals surface area (Å²) >= 11 is 1.15. The number of nitro groups is 1. The van der Waals surface area contributed by atoms with Crippen molar-refractivity contribution in [2.75, 3.05) is 11.1 Å². The molecule has 0 spiro atoms. The van der Waals surface area contributed by atoms with Gasteiger partial charge in [-0.05, 0) is 18.2 Å². The number of fused-ring (bicyclic) bond motifs is 1. The van der Waals surface area contributed by atoms with E-state index in [-0.39, 0.29) is 17.5 Å². The minimum atomic E-state index is -0.676. The summed E-state index contributed by atoms with van der Waals surface area (Å²) in [6.45, 7) is 0. The van der Waals surface area contributed by atoms with Crippen molar-refractivity contribution in [1.82, 2.24) is 15.0 Å². The van der Waals surface area contributed by atoms with E-state index in [9.17, 15) is 14.5 Å². The number of thiazole rings is 1. The first-order chi connectivity index (χ1) is 10.0. The molecule has 21 heavy (non-hydrogen) atoms. The van der Waals surface area contributed by atoms with Crippen LogP contribution in [0.1, 0.15) is 0 Å². The Bertz CT molecular complexity index is 852. The van der Waals surface area contributed by atoms with E-state index in [0.29, 0.717) is 15.3 Å². The van der Waals surface area contributed by atoms with Crippen LogP contribution in [0.2, 0.25) is 0 Å². The molecule has 3 rings (SSSR count). The van der Waals surface area contributed by atoms with Crippen LogP contribution in [0.5, 0.6) is 0 Å². The Labute approximate surface area is 120 Å². The van der Waals surface area contributed by atoms with Gasteiger partial charge in [0.15, 0.2) is 5.13 Å². The number of nitrogens with two attached hydrogens (primary N) is 1. The van der Waals surface area contributed by atoms with Gasteiger partial charge in [-0.2, -0.15) is 0 Å². The molecule has 0 fully saturated rings. The molecule has 0 radical (unpaired) electrons. The molecular weight excluding hydrogens is 299 g/mol. The lowest BCUT2D eigenvalue weighted by Gasteiger charge is -2.03. The molecule has 2 heterocycles. The lowest BCUT2D eigenvalue weighted by Crippen LogP contribution is -2.04. The van der Waals surface area contributed by atoms with E-state index < -0.39 is 10.6 Å². The molecule has 3 N–H and O–H groups in total. The third-order valence-corrected chi connectivity index (χ3v) is 3.54. The Morgan fingerprint density at radius 3 is 2.95 bits per heavy atom. The predicted octanol–water partition coefficient (Wildman–Crippen LogP) is 2.46. The third-order valence-electron chi connectivity index (χ3n) is 2.61. The number of halogens is 1. The standard InChI is InChI=1S/C11H7FN6O2S/c12-5-1-2-6-7(3-5)21-11(16-6)17-10-8(18(19)20)9(13)14-4-15-10/h1-4H,(H3,13,14,15,16,17). The number of anilines is 3. The van der Waals surface area contributed by atoms with E-state index in [0.717, 1.165) is 17.7 Å². The number of hydrogen-bond donors (Lipinski definition) is 2. The maximum atomic E-state index is 13.1. The van der Waals surface area contributed by atoms with Crippen LogP contribution in [0.4, 0.5) is 26.8 Å². The molecule has 1 aromatic carbocycles. The number of nitrogens with one attached hydrogen (secondary N) is 1. The monoisotopic (exact) mass is 306 g/mol. The van der Waals surface area contributed by atoms with Gasteiger partial charge in [0.2, 0.25) is 11.6 Å². The van der Waals surface area contributed by atoms with Crippen molar-refractivity contribution in [3.05, 3.63) is 40.5 Å². The van der Waals surface area contributed by atoms with Gasteiger partial charge >= 0.3 is 5.69 Å². The fourth-order valence-corrected chi connectivity index (χ4v) is 2.61. The molecule has 0 saturated heterocycles. The second kappa shape index (κ2) is 4.90. The molecule has 0 atom stereocenters. The highest BCUT2D eigenvalue weighted by Gasteiger charge is 2.21. The Hall–Kier alpha value is -2.88. The number of hydrogen-bond acceptors (Lipinski definition) is 8. The summed E-state index contributed by atoms with van der Waals surface area (Å²) in [6, 6.07) is 4.15. The summed E-state index contributed by atoms with van der Waals surface area (Å²) in [5, 5.41) is 14.0. The summed E-state index contributed by atoms with van der Waals surface area (Å²) in [5.41, 5.74) is 5.62. The zero-order valence-electron chi connectivity index (χ0n) is 10.3. The first-order valence-electron chi connectivity index (χ1n) is 5.62. The van der Waals surface area contributed by atoms with Crippen LogP contribution in [0.25, 0.3) is 10.2 Å². The number of nitrogens with zero attached hydrogens (tertiary/aromatic N) is 4. The van der Waals surface area contributed by atoms with Gasteiger partial charge in [-0.1, -0.05) is 11.3 Å². The average molecular weight is 306 g/mol. The molecule has 0 aliphatic heterocycles. The van der Waals surface area contributed by atoms with Gasteiger partial charge in [0.1, 0.15) is 12.1 Å². The molecule has 0 bridgehead atoms. The van der Waals surface area contributed by atoms with Gasteiger partial charge in [0, 0.05) is 0 Å². The summed E-state index contributed by atoms with van der Waals surface area (Å²) in [5.74, 6) is -0.688. The van der Waals surface area contributed by atoms with E-state index >= 15 is 0 Å². The molecule has 0 amide bonds. The fraction of sp³-hybridized carbons (Fsp3) is 0. The van der Waals surface area contributed by atoms with Crippen LogP contribution in [0, 0.1) is 15.9 Å². The van der Waals surface area contributed by atoms with Gasteiger partial charge < -0.3 is 11.1 Å². The topological polar surface area (TPSA) is 120 Å². The quantitative estimate of drug-likeness (QED) is 0.563. The highest BCUT2D eigenvalue weighted by molar-refractivity contribution is 7.22. The van der Waals surface area contributed by atoms with Gasteiger partial charge in [0.25, 0.3) is 0 Å². The Balaban J connectivity index is 2.02. The van der Waals surface area contributed by atoms with Crippen LogP contribution in [0.3, 0.4) is 0 Å². The second-order valence-electron chi connectivity index (χ2n) is 3.97. The molecule has 0 saturated carbocycles. The van der Waals surface area contributed by atoms with Gasteiger partial charge in [-0.3, -0.25) is 10.1 Å². The number of rotatable bonds is 3. The minimum absolute atomic E-state index is 0.0629. The first-order valence-corrected chi connectivity index (χ1v) is 6.44. The first kappa shape index (κ1) is 13.1. The third kappa shape index (κ3) is 2.43. The largest absolute Gasteiger partial charge is 0.378 e. The molecule has 10 heteroatoms. The zero-order valence-corrected chi connectivity index (χ0v) is 11.1. The molecule has 0 unspecified atom stereocenters. The van der Waals surface area contributed by atoms with Gasteiger partial charge in [0.05, 0.1) is 15.1 Å². The van der Waals surface area contributed by atoms with Crippen LogP contribution >= 0.6 is 11.3 Å². The van der Waals surface area contributed by atoms with Crippen LogP contribution in [-0.2, 0) is 0 Å². The molecule has 0 aliphatic carbocycles. The lowest BCUT2D eigenvalue weighted by molar-refractivity contribution is -0.383. The highest BCUT2D eigenvalue weighted by atomic mass is 32.1. The summed E-state index contributed by atoms with van der Waals surface area (Å²) in [6.07, 6.45) is 1.11. The smallest absolute Gasteiger partial charge is 0.353 e.